The predicted molar refractivity (Wildman–Crippen MR) is 113 cm³/mol. The molecule has 0 saturated carbocycles. The van der Waals surface area contributed by atoms with Crippen LogP contribution in [0.1, 0.15) is 21.5 Å². The lowest BCUT2D eigenvalue weighted by Gasteiger charge is -2.11. The number of carbonyl (C=O) groups excluding carboxylic acids is 1. The van der Waals surface area contributed by atoms with Crippen LogP contribution in [0.3, 0.4) is 0 Å². The van der Waals surface area contributed by atoms with Gasteiger partial charge in [-0.15, -0.1) is 0 Å². The first kappa shape index (κ1) is 20.7. The molecular formula is C22H17Cl2NO4. The summed E-state index contributed by atoms with van der Waals surface area (Å²) in [6.45, 7) is 0.300. The second-order valence-corrected chi connectivity index (χ2v) is 7.13. The van der Waals surface area contributed by atoms with Gasteiger partial charge in [0, 0.05) is 10.7 Å². The first-order valence-electron chi connectivity index (χ1n) is 8.69. The molecule has 0 spiro atoms. The summed E-state index contributed by atoms with van der Waals surface area (Å²) in [4.78, 5) is 23.3. The first-order chi connectivity index (χ1) is 13.9. The van der Waals surface area contributed by atoms with Gasteiger partial charge in [0.25, 0.3) is 5.91 Å². The number of carboxylic acids is 1. The highest BCUT2D eigenvalue weighted by Crippen LogP contribution is 2.24. The highest BCUT2D eigenvalue weighted by Gasteiger charge is 2.13. The molecule has 0 heterocycles. The van der Waals surface area contributed by atoms with E-state index < -0.39 is 11.9 Å². The van der Waals surface area contributed by atoms with Crippen molar-refractivity contribution < 1.29 is 19.4 Å². The molecule has 0 radical (unpaired) electrons. The molecule has 3 aromatic rings. The third-order valence-electron chi connectivity index (χ3n) is 4.04. The molecule has 29 heavy (non-hydrogen) atoms. The number of aliphatic carboxylic acids is 1. The number of amides is 1. The molecule has 0 aliphatic carbocycles. The van der Waals surface area contributed by atoms with Crippen LogP contribution in [0.15, 0.2) is 66.7 Å². The number of carboxylic acid groups (broad SMARTS) is 1. The molecule has 0 fully saturated rings. The Morgan fingerprint density at radius 3 is 2.38 bits per heavy atom. The van der Waals surface area contributed by atoms with Crippen molar-refractivity contribution in [1.82, 2.24) is 0 Å². The standard InChI is InChI=1S/C22H17Cl2NO4/c23-16-3-1-2-15(10-16)13-29-18-8-9-20(24)19(12-18)22(28)25-17-6-4-14(5-7-17)11-21(26)27/h1-10,12H,11,13H2,(H,25,28)(H,26,27). The van der Waals surface area contributed by atoms with Crippen molar-refractivity contribution in [2.24, 2.45) is 0 Å². The van der Waals surface area contributed by atoms with E-state index in [1.807, 2.05) is 12.1 Å². The Hall–Kier alpha value is -3.02. The predicted octanol–water partition coefficient (Wildman–Crippen LogP) is 5.45. The Balaban J connectivity index is 1.68. The van der Waals surface area contributed by atoms with E-state index in [0.29, 0.717) is 33.7 Å². The van der Waals surface area contributed by atoms with Crippen LogP contribution in [0.4, 0.5) is 5.69 Å². The van der Waals surface area contributed by atoms with Crippen molar-refractivity contribution in [2.45, 2.75) is 13.0 Å². The molecule has 0 saturated heterocycles. The molecular weight excluding hydrogens is 413 g/mol. The molecule has 148 valence electrons. The Bertz CT molecular complexity index is 1040. The number of hydrogen-bond donors (Lipinski definition) is 2. The van der Waals surface area contributed by atoms with Crippen LogP contribution in [0, 0.1) is 0 Å². The largest absolute Gasteiger partial charge is 0.489 e. The topological polar surface area (TPSA) is 75.6 Å². The van der Waals surface area contributed by atoms with Crippen LogP contribution in [0.2, 0.25) is 10.0 Å². The number of benzene rings is 3. The molecule has 0 unspecified atom stereocenters. The van der Waals surface area contributed by atoms with Crippen molar-refractivity contribution in [2.75, 3.05) is 5.32 Å². The van der Waals surface area contributed by atoms with Gasteiger partial charge in [0.2, 0.25) is 0 Å². The summed E-state index contributed by atoms with van der Waals surface area (Å²) in [5, 5.41) is 12.5. The summed E-state index contributed by atoms with van der Waals surface area (Å²) in [6, 6.07) is 18.8. The average Bonchev–Trinajstić information content (AvgIpc) is 2.68. The van der Waals surface area contributed by atoms with Gasteiger partial charge in [0.15, 0.2) is 0 Å². The van der Waals surface area contributed by atoms with Gasteiger partial charge in [-0.25, -0.2) is 0 Å². The van der Waals surface area contributed by atoms with Crippen LogP contribution < -0.4 is 10.1 Å². The fourth-order valence-corrected chi connectivity index (χ4v) is 3.06. The van der Waals surface area contributed by atoms with Crippen LogP contribution in [-0.2, 0) is 17.8 Å². The Morgan fingerprint density at radius 1 is 0.931 bits per heavy atom. The molecule has 1 amide bonds. The van der Waals surface area contributed by atoms with E-state index >= 15 is 0 Å². The van der Waals surface area contributed by atoms with Gasteiger partial charge < -0.3 is 15.2 Å². The summed E-state index contributed by atoms with van der Waals surface area (Å²) in [7, 11) is 0. The molecule has 7 heteroatoms. The van der Waals surface area contributed by atoms with E-state index in [4.69, 9.17) is 33.0 Å². The molecule has 3 rings (SSSR count). The minimum atomic E-state index is -0.914. The van der Waals surface area contributed by atoms with Crippen LogP contribution >= 0.6 is 23.2 Å². The molecule has 0 aromatic heterocycles. The maximum Gasteiger partial charge on any atom is 0.307 e. The van der Waals surface area contributed by atoms with Gasteiger partial charge in [-0.3, -0.25) is 9.59 Å². The molecule has 5 nitrogen and oxygen atoms in total. The maximum absolute atomic E-state index is 12.6. The lowest BCUT2D eigenvalue weighted by atomic mass is 10.1. The second kappa shape index (κ2) is 9.45. The SMILES string of the molecule is O=C(O)Cc1ccc(NC(=O)c2cc(OCc3cccc(Cl)c3)ccc2Cl)cc1. The smallest absolute Gasteiger partial charge is 0.307 e. The van der Waals surface area contributed by atoms with Crippen molar-refractivity contribution in [1.29, 1.82) is 0 Å². The molecule has 0 aliphatic rings. The van der Waals surface area contributed by atoms with Crippen molar-refractivity contribution in [3.05, 3.63) is 93.5 Å². The number of nitrogens with one attached hydrogen (secondary N) is 1. The highest BCUT2D eigenvalue weighted by molar-refractivity contribution is 6.34. The monoisotopic (exact) mass is 429 g/mol. The zero-order valence-electron chi connectivity index (χ0n) is 15.2. The van der Waals surface area contributed by atoms with E-state index in [-0.39, 0.29) is 12.0 Å². The van der Waals surface area contributed by atoms with E-state index in [1.165, 1.54) is 0 Å². The number of halogens is 2. The number of ether oxygens (including phenoxy) is 1. The molecule has 2 N–H and O–H groups in total. The average molecular weight is 430 g/mol. The van der Waals surface area contributed by atoms with Crippen LogP contribution in [0.25, 0.3) is 0 Å². The molecule has 0 atom stereocenters. The lowest BCUT2D eigenvalue weighted by Crippen LogP contribution is -2.13. The maximum atomic E-state index is 12.6. The van der Waals surface area contributed by atoms with Gasteiger partial charge in [0.1, 0.15) is 12.4 Å². The number of rotatable bonds is 7. The number of anilines is 1. The third kappa shape index (κ3) is 5.98. The minimum absolute atomic E-state index is 0.0773. The summed E-state index contributed by atoms with van der Waals surface area (Å²) in [6.07, 6.45) is -0.0773. The van der Waals surface area contributed by atoms with Crippen molar-refractivity contribution >= 4 is 40.8 Å². The normalized spacial score (nSPS) is 10.4. The quantitative estimate of drug-likeness (QED) is 0.523. The summed E-state index contributed by atoms with van der Waals surface area (Å²) in [5.41, 5.74) is 2.35. The first-order valence-corrected chi connectivity index (χ1v) is 9.45. The van der Waals surface area contributed by atoms with Crippen molar-refractivity contribution in [3.63, 3.8) is 0 Å². The second-order valence-electron chi connectivity index (χ2n) is 6.28. The Kier molecular flexibility index (Phi) is 6.75. The molecule has 3 aromatic carbocycles. The fourth-order valence-electron chi connectivity index (χ4n) is 2.64. The van der Waals surface area contributed by atoms with Crippen LogP contribution in [0.5, 0.6) is 5.75 Å². The number of hydrogen-bond acceptors (Lipinski definition) is 3. The van der Waals surface area contributed by atoms with E-state index in [1.54, 1.807) is 54.6 Å². The Labute approximate surface area is 177 Å². The van der Waals surface area contributed by atoms with Gasteiger partial charge in [-0.1, -0.05) is 47.5 Å². The molecule has 0 bridgehead atoms. The van der Waals surface area contributed by atoms with E-state index in [0.717, 1.165) is 5.56 Å². The van der Waals surface area contributed by atoms with Crippen molar-refractivity contribution in [3.8, 4) is 5.75 Å². The van der Waals surface area contributed by atoms with E-state index in [9.17, 15) is 9.59 Å². The zero-order chi connectivity index (χ0) is 20.8. The fraction of sp³-hybridized carbons (Fsp3) is 0.0909. The molecule has 0 aliphatic heterocycles. The van der Waals surface area contributed by atoms with Crippen LogP contribution in [-0.4, -0.2) is 17.0 Å². The Morgan fingerprint density at radius 2 is 1.69 bits per heavy atom. The van der Waals surface area contributed by atoms with Gasteiger partial charge in [0.05, 0.1) is 17.0 Å². The summed E-state index contributed by atoms with van der Waals surface area (Å²) in [5.74, 6) is -0.811. The lowest BCUT2D eigenvalue weighted by molar-refractivity contribution is -0.136. The number of carbonyl (C=O) groups is 2. The van der Waals surface area contributed by atoms with E-state index in [2.05, 4.69) is 5.32 Å². The summed E-state index contributed by atoms with van der Waals surface area (Å²) < 4.78 is 5.74. The van der Waals surface area contributed by atoms with Gasteiger partial charge in [-0.2, -0.15) is 0 Å². The zero-order valence-corrected chi connectivity index (χ0v) is 16.7. The van der Waals surface area contributed by atoms with Gasteiger partial charge >= 0.3 is 5.97 Å². The van der Waals surface area contributed by atoms with Gasteiger partial charge in [-0.05, 0) is 53.6 Å². The summed E-state index contributed by atoms with van der Waals surface area (Å²) >= 11 is 12.1. The highest BCUT2D eigenvalue weighted by atomic mass is 35.5. The third-order valence-corrected chi connectivity index (χ3v) is 4.61. The minimum Gasteiger partial charge on any atom is -0.489 e.